The van der Waals surface area contributed by atoms with Gasteiger partial charge >= 0.3 is 5.97 Å². The number of aromatic amines is 1. The number of methoxy groups -OCH3 is 1. The van der Waals surface area contributed by atoms with Crippen LogP contribution in [-0.2, 0) is 11.3 Å². The van der Waals surface area contributed by atoms with E-state index in [0.29, 0.717) is 29.2 Å². The van der Waals surface area contributed by atoms with Crippen LogP contribution in [0.1, 0.15) is 32.0 Å². The Morgan fingerprint density at radius 3 is 2.56 bits per heavy atom. The van der Waals surface area contributed by atoms with Gasteiger partial charge in [0.15, 0.2) is 0 Å². The van der Waals surface area contributed by atoms with Crippen LogP contribution in [-0.4, -0.2) is 35.4 Å². The topological polar surface area (TPSA) is 106 Å². The molecule has 0 atom stereocenters. The number of ether oxygens (including phenoxy) is 2. The van der Waals surface area contributed by atoms with E-state index in [-0.39, 0.29) is 5.69 Å². The number of carbonyl (C=O) groups excluding carboxylic acids is 2. The van der Waals surface area contributed by atoms with Crippen molar-refractivity contribution >= 4 is 18.1 Å². The summed E-state index contributed by atoms with van der Waals surface area (Å²) in [4.78, 5) is 23.9. The average Bonchev–Trinajstić information content (AvgIpc) is 3.39. The van der Waals surface area contributed by atoms with E-state index in [1.807, 2.05) is 54.6 Å². The summed E-state index contributed by atoms with van der Waals surface area (Å²) in [6.07, 6.45) is 1.48. The highest BCUT2D eigenvalue weighted by Crippen LogP contribution is 2.23. The van der Waals surface area contributed by atoms with Crippen LogP contribution in [0.25, 0.3) is 11.3 Å². The van der Waals surface area contributed by atoms with Crippen LogP contribution >= 0.6 is 0 Å². The number of H-pyrrole nitrogens is 1. The first kappa shape index (κ1) is 22.5. The summed E-state index contributed by atoms with van der Waals surface area (Å²) in [7, 11) is 1.32. The number of nitrogens with zero attached hydrogens (tertiary/aromatic N) is 2. The van der Waals surface area contributed by atoms with Gasteiger partial charge in [-0.1, -0.05) is 54.6 Å². The molecular weight excluding hydrogens is 432 g/mol. The van der Waals surface area contributed by atoms with Crippen molar-refractivity contribution in [3.63, 3.8) is 0 Å². The van der Waals surface area contributed by atoms with Crippen molar-refractivity contribution in [2.24, 2.45) is 5.10 Å². The predicted molar refractivity (Wildman–Crippen MR) is 128 cm³/mol. The maximum absolute atomic E-state index is 12.4. The van der Waals surface area contributed by atoms with Gasteiger partial charge in [0.05, 0.1) is 24.6 Å². The van der Waals surface area contributed by atoms with Crippen LogP contribution in [0.3, 0.4) is 0 Å². The smallest absolute Gasteiger partial charge is 0.337 e. The lowest BCUT2D eigenvalue weighted by Crippen LogP contribution is -2.18. The van der Waals surface area contributed by atoms with Gasteiger partial charge in [-0.25, -0.2) is 10.2 Å². The summed E-state index contributed by atoms with van der Waals surface area (Å²) in [6.45, 7) is 0.460. The molecule has 8 nitrogen and oxygen atoms in total. The van der Waals surface area contributed by atoms with Gasteiger partial charge in [0.1, 0.15) is 18.1 Å². The Kier molecular flexibility index (Phi) is 7.09. The molecule has 0 saturated carbocycles. The second kappa shape index (κ2) is 10.7. The molecule has 34 heavy (non-hydrogen) atoms. The molecule has 1 amide bonds. The summed E-state index contributed by atoms with van der Waals surface area (Å²) in [5.74, 6) is -0.143. The van der Waals surface area contributed by atoms with Crippen molar-refractivity contribution in [2.75, 3.05) is 7.11 Å². The van der Waals surface area contributed by atoms with Crippen LogP contribution in [0.15, 0.2) is 90.0 Å². The molecule has 1 heterocycles. The molecule has 0 spiro atoms. The minimum atomic E-state index is -0.433. The second-order valence-corrected chi connectivity index (χ2v) is 7.28. The van der Waals surface area contributed by atoms with Crippen LogP contribution in [0.4, 0.5) is 0 Å². The van der Waals surface area contributed by atoms with Crippen molar-refractivity contribution in [3.05, 3.63) is 107 Å². The summed E-state index contributed by atoms with van der Waals surface area (Å²) in [5, 5.41) is 10.9. The van der Waals surface area contributed by atoms with E-state index in [4.69, 9.17) is 4.74 Å². The number of carbonyl (C=O) groups is 2. The van der Waals surface area contributed by atoms with E-state index in [1.165, 1.54) is 13.3 Å². The zero-order valence-corrected chi connectivity index (χ0v) is 18.4. The van der Waals surface area contributed by atoms with Gasteiger partial charge in [-0.05, 0) is 41.5 Å². The van der Waals surface area contributed by atoms with Gasteiger partial charge in [-0.2, -0.15) is 10.2 Å². The SMILES string of the molecule is COC(=O)c1ccc(/C=N/NC(=O)c2cc(-c3cccc(OCc4ccccc4)c3)n[nH]2)cc1. The molecule has 1 aromatic heterocycles. The van der Waals surface area contributed by atoms with Gasteiger partial charge in [0.2, 0.25) is 0 Å². The van der Waals surface area contributed by atoms with Crippen LogP contribution < -0.4 is 10.2 Å². The molecule has 170 valence electrons. The maximum atomic E-state index is 12.4. The zero-order valence-electron chi connectivity index (χ0n) is 18.4. The van der Waals surface area contributed by atoms with E-state index in [0.717, 1.165) is 11.1 Å². The number of hydrogen-bond acceptors (Lipinski definition) is 6. The lowest BCUT2D eigenvalue weighted by molar-refractivity contribution is 0.0600. The molecule has 0 aliphatic rings. The largest absolute Gasteiger partial charge is 0.489 e. The Balaban J connectivity index is 1.35. The fourth-order valence-electron chi connectivity index (χ4n) is 3.12. The van der Waals surface area contributed by atoms with E-state index in [2.05, 4.69) is 25.5 Å². The van der Waals surface area contributed by atoms with Gasteiger partial charge in [0, 0.05) is 5.56 Å². The molecule has 0 bridgehead atoms. The van der Waals surface area contributed by atoms with Crippen molar-refractivity contribution in [3.8, 4) is 17.0 Å². The standard InChI is InChI=1S/C26H22N4O4/c1-33-26(32)20-12-10-18(11-13-20)16-27-30-25(31)24-15-23(28-29-24)21-8-5-9-22(14-21)34-17-19-6-3-2-4-7-19/h2-16H,17H2,1H3,(H,28,29)(H,30,31)/b27-16+. The second-order valence-electron chi connectivity index (χ2n) is 7.28. The molecular formula is C26H22N4O4. The summed E-state index contributed by atoms with van der Waals surface area (Å²) in [6, 6.07) is 25.7. The van der Waals surface area contributed by atoms with Gasteiger partial charge in [0.25, 0.3) is 5.91 Å². The summed E-state index contributed by atoms with van der Waals surface area (Å²) < 4.78 is 10.5. The highest BCUT2D eigenvalue weighted by atomic mass is 16.5. The Morgan fingerprint density at radius 2 is 1.79 bits per heavy atom. The third-order valence-electron chi connectivity index (χ3n) is 4.91. The summed E-state index contributed by atoms with van der Waals surface area (Å²) >= 11 is 0. The molecule has 0 aliphatic carbocycles. The van der Waals surface area contributed by atoms with Gasteiger partial charge in [-0.3, -0.25) is 9.89 Å². The fraction of sp³-hybridized carbons (Fsp3) is 0.0769. The highest BCUT2D eigenvalue weighted by Gasteiger charge is 2.11. The lowest BCUT2D eigenvalue weighted by Gasteiger charge is -2.07. The fourth-order valence-corrected chi connectivity index (χ4v) is 3.12. The predicted octanol–water partition coefficient (Wildman–Crippen LogP) is 4.21. The minimum absolute atomic E-state index is 0.267. The monoisotopic (exact) mass is 454 g/mol. The Labute approximate surface area is 196 Å². The van der Waals surface area contributed by atoms with Crippen molar-refractivity contribution < 1.29 is 19.1 Å². The van der Waals surface area contributed by atoms with Crippen molar-refractivity contribution in [2.45, 2.75) is 6.61 Å². The molecule has 0 aliphatic heterocycles. The zero-order chi connectivity index (χ0) is 23.8. The van der Waals surface area contributed by atoms with E-state index in [9.17, 15) is 9.59 Å². The first-order valence-corrected chi connectivity index (χ1v) is 10.5. The number of hydrazone groups is 1. The van der Waals surface area contributed by atoms with E-state index < -0.39 is 11.9 Å². The summed E-state index contributed by atoms with van der Waals surface area (Å²) in [5.41, 5.74) is 6.37. The molecule has 0 fully saturated rings. The third kappa shape index (κ3) is 5.74. The molecule has 4 rings (SSSR count). The number of benzene rings is 3. The normalized spacial score (nSPS) is 10.7. The molecule has 0 unspecified atom stereocenters. The number of nitrogens with one attached hydrogen (secondary N) is 2. The number of rotatable bonds is 8. The number of esters is 1. The molecule has 4 aromatic rings. The van der Waals surface area contributed by atoms with Gasteiger partial charge in [-0.15, -0.1) is 0 Å². The van der Waals surface area contributed by atoms with Crippen LogP contribution in [0, 0.1) is 0 Å². The highest BCUT2D eigenvalue weighted by molar-refractivity contribution is 5.94. The molecule has 2 N–H and O–H groups in total. The Bertz CT molecular complexity index is 1300. The first-order chi connectivity index (χ1) is 16.6. The van der Waals surface area contributed by atoms with E-state index >= 15 is 0 Å². The van der Waals surface area contributed by atoms with Gasteiger partial charge < -0.3 is 9.47 Å². The number of aromatic nitrogens is 2. The molecule has 0 saturated heterocycles. The van der Waals surface area contributed by atoms with E-state index in [1.54, 1.807) is 30.3 Å². The molecule has 0 radical (unpaired) electrons. The van der Waals surface area contributed by atoms with Crippen molar-refractivity contribution in [1.82, 2.24) is 15.6 Å². The Morgan fingerprint density at radius 1 is 1.00 bits per heavy atom. The average molecular weight is 454 g/mol. The lowest BCUT2D eigenvalue weighted by atomic mass is 10.1. The van der Waals surface area contributed by atoms with Crippen molar-refractivity contribution in [1.29, 1.82) is 0 Å². The number of hydrogen-bond donors (Lipinski definition) is 2. The molecule has 8 heteroatoms. The minimum Gasteiger partial charge on any atom is -0.489 e. The van der Waals surface area contributed by atoms with Crippen LogP contribution in [0.5, 0.6) is 5.75 Å². The number of amides is 1. The van der Waals surface area contributed by atoms with Crippen LogP contribution in [0.2, 0.25) is 0 Å². The molecule has 3 aromatic carbocycles. The quantitative estimate of drug-likeness (QED) is 0.236. The maximum Gasteiger partial charge on any atom is 0.337 e. The first-order valence-electron chi connectivity index (χ1n) is 10.5. The Hall–Kier alpha value is -4.72. The third-order valence-corrected chi connectivity index (χ3v) is 4.91.